The molecular formula is C11H17N3O2S. The zero-order valence-corrected chi connectivity index (χ0v) is 10.8. The van der Waals surface area contributed by atoms with Crippen LogP contribution in [-0.4, -0.2) is 36.1 Å². The van der Waals surface area contributed by atoms with E-state index < -0.39 is 6.04 Å². The number of anilines is 1. The normalized spacial score (nSPS) is 11.9. The monoisotopic (exact) mass is 255 g/mol. The second kappa shape index (κ2) is 7.13. The predicted octanol–water partition coefficient (Wildman–Crippen LogP) is 1.11. The van der Waals surface area contributed by atoms with Gasteiger partial charge in [-0.05, 0) is 24.5 Å². The Hall–Kier alpha value is -1.27. The van der Waals surface area contributed by atoms with Gasteiger partial charge in [0.2, 0.25) is 5.91 Å². The Morgan fingerprint density at radius 3 is 3.12 bits per heavy atom. The highest BCUT2D eigenvalue weighted by molar-refractivity contribution is 7.98. The highest BCUT2D eigenvalue weighted by Crippen LogP contribution is 2.13. The largest absolute Gasteiger partial charge is 0.497 e. The number of amides is 1. The molecule has 1 amide bonds. The number of nitrogens with two attached hydrogens (primary N) is 1. The summed E-state index contributed by atoms with van der Waals surface area (Å²) in [6, 6.07) is 2.86. The van der Waals surface area contributed by atoms with Crippen LogP contribution in [0.15, 0.2) is 18.3 Å². The Morgan fingerprint density at radius 1 is 1.71 bits per heavy atom. The van der Waals surface area contributed by atoms with Crippen molar-refractivity contribution in [3.05, 3.63) is 18.3 Å². The van der Waals surface area contributed by atoms with Crippen LogP contribution in [0, 0.1) is 0 Å². The lowest BCUT2D eigenvalue weighted by Crippen LogP contribution is -2.36. The van der Waals surface area contributed by atoms with Crippen molar-refractivity contribution in [1.82, 2.24) is 4.98 Å². The molecule has 17 heavy (non-hydrogen) atoms. The Morgan fingerprint density at radius 2 is 2.47 bits per heavy atom. The molecule has 1 heterocycles. The summed E-state index contributed by atoms with van der Waals surface area (Å²) in [5.74, 6) is 1.74. The van der Waals surface area contributed by atoms with Gasteiger partial charge in [-0.15, -0.1) is 0 Å². The molecule has 0 bridgehead atoms. The third kappa shape index (κ3) is 4.62. The van der Waals surface area contributed by atoms with Gasteiger partial charge in [-0.3, -0.25) is 4.79 Å². The average Bonchev–Trinajstić information content (AvgIpc) is 2.36. The molecular weight excluding hydrogens is 238 g/mol. The lowest BCUT2D eigenvalue weighted by molar-refractivity contribution is -0.117. The number of nitrogens with one attached hydrogen (secondary N) is 1. The van der Waals surface area contributed by atoms with Crippen molar-refractivity contribution in [2.75, 3.05) is 24.4 Å². The van der Waals surface area contributed by atoms with E-state index in [1.54, 1.807) is 37.2 Å². The van der Waals surface area contributed by atoms with Gasteiger partial charge in [-0.25, -0.2) is 4.98 Å². The van der Waals surface area contributed by atoms with Crippen molar-refractivity contribution in [3.63, 3.8) is 0 Å². The molecule has 1 rings (SSSR count). The molecule has 0 saturated heterocycles. The molecule has 94 valence electrons. The van der Waals surface area contributed by atoms with E-state index in [1.807, 2.05) is 6.26 Å². The molecule has 0 saturated carbocycles. The number of thioether (sulfide) groups is 1. The zero-order chi connectivity index (χ0) is 12.7. The summed E-state index contributed by atoms with van der Waals surface area (Å²) in [6.45, 7) is 0. The van der Waals surface area contributed by atoms with E-state index >= 15 is 0 Å². The molecule has 1 unspecified atom stereocenters. The van der Waals surface area contributed by atoms with Gasteiger partial charge in [0.15, 0.2) is 0 Å². The predicted molar refractivity (Wildman–Crippen MR) is 70.4 cm³/mol. The van der Waals surface area contributed by atoms with E-state index in [2.05, 4.69) is 10.3 Å². The van der Waals surface area contributed by atoms with Crippen molar-refractivity contribution in [3.8, 4) is 5.75 Å². The minimum absolute atomic E-state index is 0.222. The maximum absolute atomic E-state index is 11.7. The van der Waals surface area contributed by atoms with Crippen LogP contribution in [0.2, 0.25) is 0 Å². The average molecular weight is 255 g/mol. The Labute approximate surface area is 105 Å². The maximum Gasteiger partial charge on any atom is 0.242 e. The third-order valence-electron chi connectivity index (χ3n) is 2.19. The van der Waals surface area contributed by atoms with Crippen LogP contribution in [0.3, 0.4) is 0 Å². The molecule has 3 N–H and O–H groups in total. The van der Waals surface area contributed by atoms with Crippen molar-refractivity contribution in [2.24, 2.45) is 5.73 Å². The summed E-state index contributed by atoms with van der Waals surface area (Å²) in [4.78, 5) is 15.7. The SMILES string of the molecule is COc1ccnc(NC(=O)C(N)CCSC)c1. The van der Waals surface area contributed by atoms with E-state index in [4.69, 9.17) is 10.5 Å². The quantitative estimate of drug-likeness (QED) is 0.796. The minimum Gasteiger partial charge on any atom is -0.497 e. The van der Waals surface area contributed by atoms with Gasteiger partial charge in [0, 0.05) is 12.3 Å². The number of carbonyl (C=O) groups excluding carboxylic acids is 1. The molecule has 1 atom stereocenters. The standard InChI is InChI=1S/C11H17N3O2S/c1-16-8-3-5-13-10(7-8)14-11(15)9(12)4-6-17-2/h3,5,7,9H,4,6,12H2,1-2H3,(H,13,14,15). The van der Waals surface area contributed by atoms with Crippen molar-refractivity contribution in [2.45, 2.75) is 12.5 Å². The van der Waals surface area contributed by atoms with Crippen LogP contribution in [0.25, 0.3) is 0 Å². The molecule has 5 nitrogen and oxygen atoms in total. The Kier molecular flexibility index (Phi) is 5.79. The molecule has 0 aliphatic rings. The number of aromatic nitrogens is 1. The molecule has 0 aromatic carbocycles. The summed E-state index contributed by atoms with van der Waals surface area (Å²) < 4.78 is 5.04. The number of ether oxygens (including phenoxy) is 1. The summed E-state index contributed by atoms with van der Waals surface area (Å²) in [5, 5.41) is 2.66. The lowest BCUT2D eigenvalue weighted by atomic mass is 10.2. The highest BCUT2D eigenvalue weighted by atomic mass is 32.2. The van der Waals surface area contributed by atoms with E-state index in [1.165, 1.54) is 0 Å². The number of carbonyl (C=O) groups is 1. The van der Waals surface area contributed by atoms with Crippen LogP contribution in [0.1, 0.15) is 6.42 Å². The first-order valence-corrected chi connectivity index (χ1v) is 6.62. The van der Waals surface area contributed by atoms with E-state index in [0.717, 1.165) is 5.75 Å². The van der Waals surface area contributed by atoms with E-state index in [9.17, 15) is 4.79 Å². The van der Waals surface area contributed by atoms with E-state index in [-0.39, 0.29) is 5.91 Å². The van der Waals surface area contributed by atoms with Crippen molar-refractivity contribution >= 4 is 23.5 Å². The van der Waals surface area contributed by atoms with Crippen LogP contribution in [-0.2, 0) is 4.79 Å². The summed E-state index contributed by atoms with van der Waals surface area (Å²) in [5.41, 5.74) is 5.74. The van der Waals surface area contributed by atoms with Crippen LogP contribution in [0.4, 0.5) is 5.82 Å². The van der Waals surface area contributed by atoms with Crippen LogP contribution >= 0.6 is 11.8 Å². The first-order valence-electron chi connectivity index (χ1n) is 5.22. The number of pyridine rings is 1. The molecule has 1 aromatic rings. The molecule has 0 radical (unpaired) electrons. The van der Waals surface area contributed by atoms with Gasteiger partial charge >= 0.3 is 0 Å². The smallest absolute Gasteiger partial charge is 0.242 e. The molecule has 0 aliphatic heterocycles. The fourth-order valence-electron chi connectivity index (χ4n) is 1.20. The highest BCUT2D eigenvalue weighted by Gasteiger charge is 2.13. The topological polar surface area (TPSA) is 77.2 Å². The van der Waals surface area contributed by atoms with E-state index in [0.29, 0.717) is 18.0 Å². The number of hydrogen-bond acceptors (Lipinski definition) is 5. The lowest BCUT2D eigenvalue weighted by Gasteiger charge is -2.11. The van der Waals surface area contributed by atoms with Gasteiger partial charge in [-0.2, -0.15) is 11.8 Å². The number of rotatable bonds is 6. The number of methoxy groups -OCH3 is 1. The maximum atomic E-state index is 11.7. The van der Waals surface area contributed by atoms with Gasteiger partial charge in [0.25, 0.3) is 0 Å². The number of nitrogens with zero attached hydrogens (tertiary/aromatic N) is 1. The minimum atomic E-state index is -0.504. The number of hydrogen-bond donors (Lipinski definition) is 2. The summed E-state index contributed by atoms with van der Waals surface area (Å²) in [6.07, 6.45) is 4.20. The molecule has 0 aliphatic carbocycles. The van der Waals surface area contributed by atoms with Crippen LogP contribution < -0.4 is 15.8 Å². The summed E-state index contributed by atoms with van der Waals surface area (Å²) in [7, 11) is 1.56. The Bertz CT molecular complexity index is 373. The van der Waals surface area contributed by atoms with Gasteiger partial charge in [0.05, 0.1) is 13.2 Å². The van der Waals surface area contributed by atoms with Gasteiger partial charge < -0.3 is 15.8 Å². The third-order valence-corrected chi connectivity index (χ3v) is 2.83. The second-order valence-electron chi connectivity index (χ2n) is 3.46. The zero-order valence-electron chi connectivity index (χ0n) is 9.97. The fourth-order valence-corrected chi connectivity index (χ4v) is 1.69. The molecule has 0 spiro atoms. The van der Waals surface area contributed by atoms with Gasteiger partial charge in [-0.1, -0.05) is 0 Å². The first kappa shape index (κ1) is 13.8. The molecule has 6 heteroatoms. The first-order chi connectivity index (χ1) is 8.17. The van der Waals surface area contributed by atoms with Crippen LogP contribution in [0.5, 0.6) is 5.75 Å². The molecule has 1 aromatic heterocycles. The Balaban J connectivity index is 2.54. The van der Waals surface area contributed by atoms with Gasteiger partial charge in [0.1, 0.15) is 11.6 Å². The molecule has 0 fully saturated rings. The fraction of sp³-hybridized carbons (Fsp3) is 0.455. The summed E-state index contributed by atoms with van der Waals surface area (Å²) >= 11 is 1.66. The second-order valence-corrected chi connectivity index (χ2v) is 4.44. The van der Waals surface area contributed by atoms with Crippen molar-refractivity contribution in [1.29, 1.82) is 0 Å². The van der Waals surface area contributed by atoms with Crippen molar-refractivity contribution < 1.29 is 9.53 Å².